The molecule has 26 heavy (non-hydrogen) atoms. The molecule has 1 unspecified atom stereocenters. The van der Waals surface area contributed by atoms with Gasteiger partial charge in [0.05, 0.1) is 17.6 Å². The highest BCUT2D eigenvalue weighted by Crippen LogP contribution is 2.24. The number of halogens is 1. The minimum atomic E-state index is -0.405. The van der Waals surface area contributed by atoms with E-state index in [4.69, 9.17) is 16.6 Å². The fraction of sp³-hybridized carbons (Fsp3) is 0.300. The van der Waals surface area contributed by atoms with Crippen molar-refractivity contribution in [1.29, 1.82) is 0 Å². The number of amides is 1. The van der Waals surface area contributed by atoms with Crippen LogP contribution in [0.1, 0.15) is 24.4 Å². The lowest BCUT2D eigenvalue weighted by Crippen LogP contribution is -2.26. The van der Waals surface area contributed by atoms with Gasteiger partial charge in [-0.2, -0.15) is 0 Å². The smallest absolute Gasteiger partial charge is 0.247 e. The van der Waals surface area contributed by atoms with Crippen molar-refractivity contribution < 1.29 is 4.79 Å². The highest BCUT2D eigenvalue weighted by molar-refractivity contribution is 6.31. The average molecular weight is 371 g/mol. The van der Waals surface area contributed by atoms with Crippen LogP contribution in [0.5, 0.6) is 0 Å². The largest absolute Gasteiger partial charge is 0.324 e. The number of carbonyl (C=O) groups excluding carboxylic acids is 1. The number of anilines is 1. The summed E-state index contributed by atoms with van der Waals surface area (Å²) in [6, 6.07) is 13.0. The maximum atomic E-state index is 12.9. The normalized spacial score (nSPS) is 12.5. The first-order valence-corrected chi connectivity index (χ1v) is 8.92. The second kappa shape index (κ2) is 7.48. The third-order valence-electron chi connectivity index (χ3n) is 4.33. The molecule has 3 rings (SSSR count). The van der Waals surface area contributed by atoms with Gasteiger partial charge in [0.15, 0.2) is 0 Å². The standard InChI is InChI=1S/C20H23ClN4O/c1-13-9-10-15(11-16(13)21)22-20(26)14(2)25-18-8-6-5-7-17(18)23-19(25)12-24(3)4/h5-11,14H,12H2,1-4H3,(H,22,26). The molecule has 1 aromatic heterocycles. The van der Waals surface area contributed by atoms with Crippen molar-refractivity contribution in [1.82, 2.24) is 14.5 Å². The first-order chi connectivity index (χ1) is 12.4. The summed E-state index contributed by atoms with van der Waals surface area (Å²) in [7, 11) is 3.98. The summed E-state index contributed by atoms with van der Waals surface area (Å²) in [5.41, 5.74) is 3.51. The number of aryl methyl sites for hydroxylation is 1. The lowest BCUT2D eigenvalue weighted by molar-refractivity contribution is -0.118. The number of nitrogens with zero attached hydrogens (tertiary/aromatic N) is 3. The highest BCUT2D eigenvalue weighted by atomic mass is 35.5. The monoisotopic (exact) mass is 370 g/mol. The van der Waals surface area contributed by atoms with Crippen LogP contribution in [0.3, 0.4) is 0 Å². The summed E-state index contributed by atoms with van der Waals surface area (Å²) >= 11 is 6.17. The van der Waals surface area contributed by atoms with Crippen molar-refractivity contribution in [2.45, 2.75) is 26.4 Å². The zero-order valence-corrected chi connectivity index (χ0v) is 16.2. The molecule has 1 N–H and O–H groups in total. The number of hydrogen-bond donors (Lipinski definition) is 1. The minimum absolute atomic E-state index is 0.104. The molecule has 1 atom stereocenters. The van der Waals surface area contributed by atoms with Crippen LogP contribution in [-0.4, -0.2) is 34.5 Å². The predicted octanol–water partition coefficient (Wildman–Crippen LogP) is 4.26. The Hall–Kier alpha value is -2.37. The Kier molecular flexibility index (Phi) is 5.30. The Labute approximate surface area is 158 Å². The van der Waals surface area contributed by atoms with Crippen LogP contribution >= 0.6 is 11.6 Å². The van der Waals surface area contributed by atoms with Crippen LogP contribution in [0.15, 0.2) is 42.5 Å². The summed E-state index contributed by atoms with van der Waals surface area (Å²) in [4.78, 5) is 19.6. The first kappa shape index (κ1) is 18.4. The molecule has 136 valence electrons. The second-order valence-corrected chi connectivity index (χ2v) is 7.16. The molecule has 0 aliphatic heterocycles. The molecule has 0 aliphatic rings. The van der Waals surface area contributed by atoms with E-state index in [2.05, 4.69) is 5.32 Å². The Bertz CT molecular complexity index is 948. The van der Waals surface area contributed by atoms with E-state index < -0.39 is 6.04 Å². The summed E-state index contributed by atoms with van der Waals surface area (Å²) in [5.74, 6) is 0.758. The summed E-state index contributed by atoms with van der Waals surface area (Å²) in [6.07, 6.45) is 0. The van der Waals surface area contributed by atoms with Crippen LogP contribution < -0.4 is 5.32 Å². The van der Waals surface area contributed by atoms with E-state index in [1.807, 2.05) is 73.8 Å². The molecule has 1 amide bonds. The van der Waals surface area contributed by atoms with Gasteiger partial charge in [-0.1, -0.05) is 29.8 Å². The summed E-state index contributed by atoms with van der Waals surface area (Å²) in [5, 5.41) is 3.59. The van der Waals surface area contributed by atoms with Gasteiger partial charge in [0, 0.05) is 10.7 Å². The molecular formula is C20H23ClN4O. The number of imidazole rings is 1. The van der Waals surface area contributed by atoms with Crippen LogP contribution in [0.25, 0.3) is 11.0 Å². The van der Waals surface area contributed by atoms with Gasteiger partial charge in [-0.3, -0.25) is 4.79 Å². The van der Waals surface area contributed by atoms with Crippen molar-refractivity contribution in [3.8, 4) is 0 Å². The molecule has 0 spiro atoms. The molecule has 3 aromatic rings. The summed E-state index contributed by atoms with van der Waals surface area (Å²) < 4.78 is 2.00. The second-order valence-electron chi connectivity index (χ2n) is 6.75. The maximum Gasteiger partial charge on any atom is 0.247 e. The summed E-state index contributed by atoms with van der Waals surface area (Å²) in [6.45, 7) is 4.47. The van der Waals surface area contributed by atoms with Crippen molar-refractivity contribution in [2.75, 3.05) is 19.4 Å². The number of para-hydroxylation sites is 2. The predicted molar refractivity (Wildman–Crippen MR) is 107 cm³/mol. The molecule has 6 heteroatoms. The molecule has 0 radical (unpaired) electrons. The number of fused-ring (bicyclic) bond motifs is 1. The number of benzene rings is 2. The zero-order chi connectivity index (χ0) is 18.8. The third kappa shape index (κ3) is 3.74. The number of aromatic nitrogens is 2. The van der Waals surface area contributed by atoms with E-state index >= 15 is 0 Å². The van der Waals surface area contributed by atoms with E-state index in [1.165, 1.54) is 0 Å². The Balaban J connectivity index is 1.93. The van der Waals surface area contributed by atoms with E-state index in [1.54, 1.807) is 6.07 Å². The zero-order valence-electron chi connectivity index (χ0n) is 15.5. The fourth-order valence-electron chi connectivity index (χ4n) is 2.96. The van der Waals surface area contributed by atoms with Crippen molar-refractivity contribution in [3.05, 3.63) is 58.9 Å². The Morgan fingerprint density at radius 2 is 2.00 bits per heavy atom. The van der Waals surface area contributed by atoms with Crippen LogP contribution in [0, 0.1) is 6.92 Å². The van der Waals surface area contributed by atoms with E-state index in [0.29, 0.717) is 17.3 Å². The van der Waals surface area contributed by atoms with Crippen LogP contribution in [0.4, 0.5) is 5.69 Å². The van der Waals surface area contributed by atoms with Gasteiger partial charge in [-0.25, -0.2) is 4.98 Å². The van der Waals surface area contributed by atoms with Crippen molar-refractivity contribution in [2.24, 2.45) is 0 Å². The molecule has 0 aliphatic carbocycles. The molecule has 2 aromatic carbocycles. The van der Waals surface area contributed by atoms with Gasteiger partial charge in [-0.15, -0.1) is 0 Å². The molecule has 1 heterocycles. The lowest BCUT2D eigenvalue weighted by Gasteiger charge is -2.19. The Morgan fingerprint density at radius 1 is 1.27 bits per heavy atom. The highest BCUT2D eigenvalue weighted by Gasteiger charge is 2.22. The number of carbonyl (C=O) groups is 1. The molecule has 0 fully saturated rings. The van der Waals surface area contributed by atoms with Gasteiger partial charge in [-0.05, 0) is 57.8 Å². The molecular weight excluding hydrogens is 348 g/mol. The van der Waals surface area contributed by atoms with Gasteiger partial charge in [0.25, 0.3) is 0 Å². The number of nitrogens with one attached hydrogen (secondary N) is 1. The van der Waals surface area contributed by atoms with Crippen molar-refractivity contribution in [3.63, 3.8) is 0 Å². The third-order valence-corrected chi connectivity index (χ3v) is 4.74. The van der Waals surface area contributed by atoms with E-state index in [0.717, 1.165) is 22.4 Å². The van der Waals surface area contributed by atoms with E-state index in [9.17, 15) is 4.79 Å². The first-order valence-electron chi connectivity index (χ1n) is 8.54. The molecule has 5 nitrogen and oxygen atoms in total. The van der Waals surface area contributed by atoms with Crippen molar-refractivity contribution >= 4 is 34.2 Å². The SMILES string of the molecule is Cc1ccc(NC(=O)C(C)n2c(CN(C)C)nc3ccccc32)cc1Cl. The molecule has 0 bridgehead atoms. The molecule has 0 saturated carbocycles. The Morgan fingerprint density at radius 3 is 2.69 bits per heavy atom. The average Bonchev–Trinajstić information content (AvgIpc) is 2.94. The maximum absolute atomic E-state index is 12.9. The topological polar surface area (TPSA) is 50.2 Å². The van der Waals surface area contributed by atoms with Gasteiger partial charge >= 0.3 is 0 Å². The van der Waals surface area contributed by atoms with Crippen LogP contribution in [0.2, 0.25) is 5.02 Å². The van der Waals surface area contributed by atoms with Gasteiger partial charge in [0.1, 0.15) is 11.9 Å². The number of rotatable bonds is 5. The number of hydrogen-bond acceptors (Lipinski definition) is 3. The van der Waals surface area contributed by atoms with Gasteiger partial charge in [0.2, 0.25) is 5.91 Å². The minimum Gasteiger partial charge on any atom is -0.324 e. The quantitative estimate of drug-likeness (QED) is 0.730. The van der Waals surface area contributed by atoms with Crippen LogP contribution in [-0.2, 0) is 11.3 Å². The van der Waals surface area contributed by atoms with Gasteiger partial charge < -0.3 is 14.8 Å². The molecule has 0 saturated heterocycles. The lowest BCUT2D eigenvalue weighted by atomic mass is 10.2. The fourth-order valence-corrected chi connectivity index (χ4v) is 3.14. The van der Waals surface area contributed by atoms with E-state index in [-0.39, 0.29) is 5.91 Å².